The molecule has 0 aromatic heterocycles. The lowest BCUT2D eigenvalue weighted by Gasteiger charge is -2.31. The molecule has 8 heteroatoms. The number of carbonyl (C=O) groups excluding carboxylic acids is 1. The zero-order valence-corrected chi connectivity index (χ0v) is 22.5. The number of amides is 1. The molecular formula is C30H35N3O4S. The van der Waals surface area contributed by atoms with Gasteiger partial charge in [0.25, 0.3) is 5.91 Å². The molecule has 0 aliphatic carbocycles. The molecule has 200 valence electrons. The summed E-state index contributed by atoms with van der Waals surface area (Å²) in [6, 6.07) is 22.8. The van der Waals surface area contributed by atoms with Crippen LogP contribution in [0.3, 0.4) is 0 Å². The summed E-state index contributed by atoms with van der Waals surface area (Å²) in [5.41, 5.74) is 3.54. The van der Waals surface area contributed by atoms with E-state index in [0.717, 1.165) is 62.0 Å². The number of hydrogen-bond donors (Lipinski definition) is 1. The Kier molecular flexibility index (Phi) is 8.29. The van der Waals surface area contributed by atoms with Crippen LogP contribution in [-0.4, -0.2) is 51.4 Å². The van der Waals surface area contributed by atoms with Crippen LogP contribution in [0, 0.1) is 0 Å². The molecule has 38 heavy (non-hydrogen) atoms. The van der Waals surface area contributed by atoms with Crippen LogP contribution in [0.4, 0.5) is 11.4 Å². The third-order valence-electron chi connectivity index (χ3n) is 7.22. The van der Waals surface area contributed by atoms with Gasteiger partial charge in [0.15, 0.2) is 6.61 Å². The normalized spacial score (nSPS) is 16.7. The summed E-state index contributed by atoms with van der Waals surface area (Å²) >= 11 is 0. The number of anilines is 2. The maximum Gasteiger partial charge on any atom is 0.262 e. The van der Waals surface area contributed by atoms with Gasteiger partial charge in [-0.3, -0.25) is 4.79 Å². The molecule has 0 unspecified atom stereocenters. The van der Waals surface area contributed by atoms with Crippen LogP contribution < -0.4 is 15.0 Å². The molecule has 1 N–H and O–H groups in total. The van der Waals surface area contributed by atoms with Crippen LogP contribution in [-0.2, 0) is 14.8 Å². The lowest BCUT2D eigenvalue weighted by Crippen LogP contribution is -2.36. The summed E-state index contributed by atoms with van der Waals surface area (Å²) in [6.07, 6.45) is 6.12. The van der Waals surface area contributed by atoms with E-state index >= 15 is 0 Å². The van der Waals surface area contributed by atoms with Gasteiger partial charge in [0.1, 0.15) is 5.75 Å². The summed E-state index contributed by atoms with van der Waals surface area (Å²) < 4.78 is 34.0. The third-order valence-corrected chi connectivity index (χ3v) is 9.12. The number of hydrogen-bond acceptors (Lipinski definition) is 5. The van der Waals surface area contributed by atoms with Gasteiger partial charge in [-0.2, -0.15) is 4.31 Å². The molecule has 2 fully saturated rings. The zero-order valence-electron chi connectivity index (χ0n) is 21.6. The van der Waals surface area contributed by atoms with E-state index in [1.807, 2.05) is 60.7 Å². The molecule has 0 saturated carbocycles. The fourth-order valence-electron chi connectivity index (χ4n) is 5.15. The number of rotatable bonds is 8. The highest BCUT2D eigenvalue weighted by Gasteiger charge is 2.27. The molecule has 5 rings (SSSR count). The third kappa shape index (κ3) is 6.19. The number of piperidine rings is 2. The highest BCUT2D eigenvalue weighted by Crippen LogP contribution is 2.33. The van der Waals surface area contributed by atoms with E-state index in [1.54, 1.807) is 16.4 Å². The Hall–Kier alpha value is -3.36. The minimum Gasteiger partial charge on any atom is -0.484 e. The first-order chi connectivity index (χ1) is 18.5. The SMILES string of the molecule is O=C(COc1ccc(-c2ccccc2)cc1)Nc1cc(S(=O)(=O)N2CCCCC2)ccc1N1CCCCC1. The lowest BCUT2D eigenvalue weighted by atomic mass is 10.1. The molecule has 0 spiro atoms. The number of benzene rings is 3. The monoisotopic (exact) mass is 533 g/mol. The van der Waals surface area contributed by atoms with E-state index < -0.39 is 10.0 Å². The fraction of sp³-hybridized carbons (Fsp3) is 0.367. The molecule has 1 amide bonds. The van der Waals surface area contributed by atoms with Crippen LogP contribution >= 0.6 is 0 Å². The molecule has 2 aliphatic rings. The maximum absolute atomic E-state index is 13.3. The van der Waals surface area contributed by atoms with Crippen molar-refractivity contribution in [2.24, 2.45) is 0 Å². The second-order valence-electron chi connectivity index (χ2n) is 9.92. The Morgan fingerprint density at radius 3 is 2.08 bits per heavy atom. The average molecular weight is 534 g/mol. The van der Waals surface area contributed by atoms with Crippen molar-refractivity contribution in [3.8, 4) is 16.9 Å². The van der Waals surface area contributed by atoms with Gasteiger partial charge in [0.2, 0.25) is 10.0 Å². The molecule has 0 radical (unpaired) electrons. The van der Waals surface area contributed by atoms with Crippen LogP contribution in [0.25, 0.3) is 11.1 Å². The van der Waals surface area contributed by atoms with E-state index in [-0.39, 0.29) is 17.4 Å². The molecule has 3 aromatic carbocycles. The van der Waals surface area contributed by atoms with Gasteiger partial charge < -0.3 is 15.0 Å². The molecule has 7 nitrogen and oxygen atoms in total. The van der Waals surface area contributed by atoms with Gasteiger partial charge >= 0.3 is 0 Å². The smallest absolute Gasteiger partial charge is 0.262 e. The van der Waals surface area contributed by atoms with E-state index in [4.69, 9.17) is 4.74 Å². The average Bonchev–Trinajstić information content (AvgIpc) is 2.98. The second-order valence-corrected chi connectivity index (χ2v) is 11.9. The van der Waals surface area contributed by atoms with Crippen molar-refractivity contribution < 1.29 is 17.9 Å². The van der Waals surface area contributed by atoms with Gasteiger partial charge in [-0.15, -0.1) is 0 Å². The highest BCUT2D eigenvalue weighted by atomic mass is 32.2. The van der Waals surface area contributed by atoms with Crippen molar-refractivity contribution in [3.63, 3.8) is 0 Å². The van der Waals surface area contributed by atoms with Crippen molar-refractivity contribution >= 4 is 27.3 Å². The minimum atomic E-state index is -3.62. The lowest BCUT2D eigenvalue weighted by molar-refractivity contribution is -0.118. The van der Waals surface area contributed by atoms with Crippen LogP contribution in [0.15, 0.2) is 77.7 Å². The van der Waals surface area contributed by atoms with Gasteiger partial charge in [-0.25, -0.2) is 8.42 Å². The number of nitrogens with zero attached hydrogens (tertiary/aromatic N) is 2. The van der Waals surface area contributed by atoms with Crippen molar-refractivity contribution in [2.45, 2.75) is 43.4 Å². The Morgan fingerprint density at radius 1 is 0.763 bits per heavy atom. The van der Waals surface area contributed by atoms with Crippen molar-refractivity contribution in [1.82, 2.24) is 4.31 Å². The standard InChI is InChI=1S/C30H35N3O4S/c34-30(23-37-26-14-12-25(13-15-26)24-10-4-1-5-11-24)31-28-22-27(38(35,36)33-20-8-3-9-21-33)16-17-29(28)32-18-6-2-7-19-32/h1,4-5,10-17,22H,2-3,6-9,18-21,23H2,(H,31,34). The number of nitrogens with one attached hydrogen (secondary N) is 1. The van der Waals surface area contributed by atoms with E-state index in [9.17, 15) is 13.2 Å². The molecule has 2 saturated heterocycles. The van der Waals surface area contributed by atoms with Crippen LogP contribution in [0.5, 0.6) is 5.75 Å². The quantitative estimate of drug-likeness (QED) is 0.412. The first-order valence-electron chi connectivity index (χ1n) is 13.5. The van der Waals surface area contributed by atoms with Gasteiger partial charge in [-0.1, -0.05) is 48.9 Å². The van der Waals surface area contributed by atoms with Crippen molar-refractivity contribution in [1.29, 1.82) is 0 Å². The van der Waals surface area contributed by atoms with E-state index in [0.29, 0.717) is 24.5 Å². The van der Waals surface area contributed by atoms with Crippen LogP contribution in [0.2, 0.25) is 0 Å². The summed E-state index contributed by atoms with van der Waals surface area (Å²) in [6.45, 7) is 2.66. The summed E-state index contributed by atoms with van der Waals surface area (Å²) in [4.78, 5) is 15.4. The predicted molar refractivity (Wildman–Crippen MR) is 151 cm³/mol. The largest absolute Gasteiger partial charge is 0.484 e. The van der Waals surface area contributed by atoms with Gasteiger partial charge in [0.05, 0.1) is 16.3 Å². The summed E-state index contributed by atoms with van der Waals surface area (Å²) in [7, 11) is -3.62. The number of sulfonamides is 1. The first-order valence-corrected chi connectivity index (χ1v) is 14.9. The minimum absolute atomic E-state index is 0.173. The maximum atomic E-state index is 13.3. The molecule has 3 aromatic rings. The highest BCUT2D eigenvalue weighted by molar-refractivity contribution is 7.89. The molecule has 2 heterocycles. The first kappa shape index (κ1) is 26.3. The zero-order chi connectivity index (χ0) is 26.4. The van der Waals surface area contributed by atoms with Gasteiger partial charge in [0, 0.05) is 26.2 Å². The molecular weight excluding hydrogens is 498 g/mol. The molecule has 0 atom stereocenters. The fourth-order valence-corrected chi connectivity index (χ4v) is 6.69. The van der Waals surface area contributed by atoms with Crippen LogP contribution in [0.1, 0.15) is 38.5 Å². The topological polar surface area (TPSA) is 78.9 Å². The number of carbonyl (C=O) groups is 1. The van der Waals surface area contributed by atoms with Crippen molar-refractivity contribution in [2.75, 3.05) is 43.0 Å². The number of ether oxygens (including phenoxy) is 1. The second kappa shape index (κ2) is 12.0. The Morgan fingerprint density at radius 2 is 1.39 bits per heavy atom. The summed E-state index contributed by atoms with van der Waals surface area (Å²) in [5.74, 6) is 0.264. The van der Waals surface area contributed by atoms with E-state index in [1.165, 1.54) is 6.42 Å². The van der Waals surface area contributed by atoms with E-state index in [2.05, 4.69) is 10.2 Å². The Bertz CT molecular complexity index is 1330. The van der Waals surface area contributed by atoms with Crippen molar-refractivity contribution in [3.05, 3.63) is 72.8 Å². The summed E-state index contributed by atoms with van der Waals surface area (Å²) in [5, 5.41) is 2.94. The Balaban J connectivity index is 1.30. The van der Waals surface area contributed by atoms with Gasteiger partial charge in [-0.05, 0) is 73.6 Å². The molecule has 2 aliphatic heterocycles. The molecule has 0 bridgehead atoms. The Labute approximate surface area is 225 Å². The predicted octanol–water partition coefficient (Wildman–Crippen LogP) is 5.54.